The predicted octanol–water partition coefficient (Wildman–Crippen LogP) is 5.57. The lowest BCUT2D eigenvalue weighted by Gasteiger charge is -2.26. The van der Waals surface area contributed by atoms with Crippen LogP contribution in [0.25, 0.3) is 11.0 Å². The van der Waals surface area contributed by atoms with Gasteiger partial charge in [-0.1, -0.05) is 37.5 Å². The highest BCUT2D eigenvalue weighted by molar-refractivity contribution is 5.99. The summed E-state index contributed by atoms with van der Waals surface area (Å²) in [5.41, 5.74) is 2.44. The first-order valence-corrected chi connectivity index (χ1v) is 13.3. The van der Waals surface area contributed by atoms with Crippen molar-refractivity contribution in [1.82, 2.24) is 9.80 Å². The second-order valence-electron chi connectivity index (χ2n) is 9.93. The molecule has 1 atom stereocenters. The number of nitrogens with zero attached hydrogens (tertiary/aromatic N) is 2. The summed E-state index contributed by atoms with van der Waals surface area (Å²) in [5, 5.41) is 0.493. The van der Waals surface area contributed by atoms with Crippen molar-refractivity contribution >= 4 is 16.9 Å². The van der Waals surface area contributed by atoms with Crippen LogP contribution in [0.3, 0.4) is 0 Å². The number of rotatable bonds is 12. The van der Waals surface area contributed by atoms with Crippen molar-refractivity contribution in [1.29, 1.82) is 0 Å². The molecule has 0 fully saturated rings. The van der Waals surface area contributed by atoms with Crippen molar-refractivity contribution in [3.05, 3.63) is 69.1 Å². The lowest BCUT2D eigenvalue weighted by atomic mass is 9.97. The van der Waals surface area contributed by atoms with E-state index in [0.29, 0.717) is 47.8 Å². The Kier molecular flexibility index (Phi) is 8.54. The van der Waals surface area contributed by atoms with Gasteiger partial charge < -0.3 is 23.7 Å². The number of amides is 1. The molecule has 1 aromatic heterocycles. The normalized spacial score (nSPS) is 15.0. The van der Waals surface area contributed by atoms with Crippen molar-refractivity contribution in [2.24, 2.45) is 0 Å². The molecule has 0 radical (unpaired) electrons. The zero-order valence-corrected chi connectivity index (χ0v) is 22.6. The maximum absolute atomic E-state index is 13.8. The Morgan fingerprint density at radius 2 is 1.78 bits per heavy atom. The van der Waals surface area contributed by atoms with Gasteiger partial charge in [-0.3, -0.25) is 9.59 Å². The topological polar surface area (TPSA) is 72.2 Å². The molecule has 1 aliphatic heterocycles. The average Bonchev–Trinajstić information content (AvgIpc) is 3.15. The van der Waals surface area contributed by atoms with Crippen molar-refractivity contribution in [2.75, 3.05) is 40.4 Å². The number of fused-ring (bicyclic) bond motifs is 2. The van der Waals surface area contributed by atoms with Gasteiger partial charge >= 0.3 is 0 Å². The summed E-state index contributed by atoms with van der Waals surface area (Å²) < 4.78 is 18.0. The van der Waals surface area contributed by atoms with E-state index in [0.717, 1.165) is 43.4 Å². The van der Waals surface area contributed by atoms with E-state index in [4.69, 9.17) is 13.9 Å². The summed E-state index contributed by atoms with van der Waals surface area (Å²) in [5.74, 6) is 1.17. The smallest absolute Gasteiger partial charge is 0.290 e. The first-order chi connectivity index (χ1) is 17.8. The Labute approximate surface area is 219 Å². The van der Waals surface area contributed by atoms with E-state index in [2.05, 4.69) is 11.8 Å². The zero-order chi connectivity index (χ0) is 26.5. The SMILES string of the molecule is CCCCCOc1ccc(C2c3c(oc4ccc(C)cc4c3=O)C(=O)N2CCCN(C)C)cc1OCC. The van der Waals surface area contributed by atoms with Gasteiger partial charge in [-0.05, 0) is 77.2 Å². The van der Waals surface area contributed by atoms with Gasteiger partial charge in [-0.2, -0.15) is 0 Å². The van der Waals surface area contributed by atoms with Crippen molar-refractivity contribution in [3.63, 3.8) is 0 Å². The van der Waals surface area contributed by atoms with Crippen LogP contribution in [-0.4, -0.2) is 56.1 Å². The molecule has 4 rings (SSSR count). The van der Waals surface area contributed by atoms with Gasteiger partial charge in [-0.15, -0.1) is 0 Å². The highest BCUT2D eigenvalue weighted by Gasteiger charge is 2.42. The Bertz CT molecular complexity index is 1310. The monoisotopic (exact) mass is 506 g/mol. The summed E-state index contributed by atoms with van der Waals surface area (Å²) in [6.45, 7) is 8.45. The molecule has 0 bridgehead atoms. The molecular weight excluding hydrogens is 468 g/mol. The third-order valence-electron chi connectivity index (χ3n) is 6.71. The van der Waals surface area contributed by atoms with Crippen LogP contribution in [0.4, 0.5) is 0 Å². The van der Waals surface area contributed by atoms with Crippen LogP contribution in [0.15, 0.2) is 45.6 Å². The molecule has 0 saturated carbocycles. The van der Waals surface area contributed by atoms with E-state index in [-0.39, 0.29) is 17.1 Å². The quantitative estimate of drug-likeness (QED) is 0.299. The Morgan fingerprint density at radius 3 is 2.51 bits per heavy atom. The van der Waals surface area contributed by atoms with Crippen LogP contribution >= 0.6 is 0 Å². The third kappa shape index (κ3) is 5.67. The average molecular weight is 507 g/mol. The fraction of sp³-hybridized carbons (Fsp3) is 0.467. The lowest BCUT2D eigenvalue weighted by molar-refractivity contribution is 0.0722. The molecule has 37 heavy (non-hydrogen) atoms. The van der Waals surface area contributed by atoms with Gasteiger partial charge in [0.25, 0.3) is 5.91 Å². The second-order valence-corrected chi connectivity index (χ2v) is 9.93. The number of hydrogen-bond donors (Lipinski definition) is 0. The van der Waals surface area contributed by atoms with Gasteiger partial charge in [-0.25, -0.2) is 0 Å². The molecule has 2 aromatic carbocycles. The van der Waals surface area contributed by atoms with E-state index >= 15 is 0 Å². The van der Waals surface area contributed by atoms with E-state index in [1.165, 1.54) is 0 Å². The van der Waals surface area contributed by atoms with Gasteiger partial charge in [0, 0.05) is 6.54 Å². The predicted molar refractivity (Wildman–Crippen MR) is 146 cm³/mol. The van der Waals surface area contributed by atoms with Crippen molar-refractivity contribution in [2.45, 2.75) is 52.5 Å². The molecule has 1 unspecified atom stereocenters. The number of unbranched alkanes of at least 4 members (excludes halogenated alkanes) is 2. The number of aryl methyl sites for hydroxylation is 1. The lowest BCUT2D eigenvalue weighted by Crippen LogP contribution is -2.32. The number of ether oxygens (including phenoxy) is 2. The minimum atomic E-state index is -0.556. The fourth-order valence-electron chi connectivity index (χ4n) is 4.89. The van der Waals surface area contributed by atoms with Crippen molar-refractivity contribution < 1.29 is 18.7 Å². The Morgan fingerprint density at radius 1 is 0.973 bits per heavy atom. The molecule has 2 heterocycles. The molecule has 0 saturated heterocycles. The van der Waals surface area contributed by atoms with E-state index in [1.54, 1.807) is 11.0 Å². The number of hydrogen-bond acceptors (Lipinski definition) is 6. The minimum absolute atomic E-state index is 0.133. The molecular formula is C30H38N2O5. The molecule has 0 aliphatic carbocycles. The second kappa shape index (κ2) is 11.8. The van der Waals surface area contributed by atoms with Gasteiger partial charge in [0.05, 0.1) is 30.2 Å². The van der Waals surface area contributed by atoms with Crippen LogP contribution < -0.4 is 14.9 Å². The van der Waals surface area contributed by atoms with E-state index in [1.807, 2.05) is 58.3 Å². The minimum Gasteiger partial charge on any atom is -0.490 e. The molecule has 1 amide bonds. The first-order valence-electron chi connectivity index (χ1n) is 13.3. The Balaban J connectivity index is 1.80. The van der Waals surface area contributed by atoms with Gasteiger partial charge in [0.2, 0.25) is 5.76 Å². The van der Waals surface area contributed by atoms with Crippen molar-refractivity contribution in [3.8, 4) is 11.5 Å². The van der Waals surface area contributed by atoms with E-state index in [9.17, 15) is 9.59 Å². The maximum Gasteiger partial charge on any atom is 0.290 e. The van der Waals surface area contributed by atoms with Crippen LogP contribution in [0.1, 0.15) is 72.8 Å². The molecule has 7 nitrogen and oxygen atoms in total. The summed E-state index contributed by atoms with van der Waals surface area (Å²) in [7, 11) is 4.01. The molecule has 0 spiro atoms. The van der Waals surface area contributed by atoms with Gasteiger partial charge in [0.1, 0.15) is 5.58 Å². The standard InChI is InChI=1S/C30H38N2O5/c1-6-8-9-17-36-24-14-12-21(19-25(24)35-7-2)27-26-28(33)22-18-20(3)11-13-23(22)37-29(26)30(34)32(27)16-10-15-31(4)5/h11-14,18-19,27H,6-10,15-17H2,1-5H3. The fourth-order valence-corrected chi connectivity index (χ4v) is 4.89. The van der Waals surface area contributed by atoms with Crippen LogP contribution in [0.2, 0.25) is 0 Å². The van der Waals surface area contributed by atoms with E-state index < -0.39 is 6.04 Å². The number of carbonyl (C=O) groups excluding carboxylic acids is 1. The van der Waals surface area contributed by atoms with Crippen LogP contribution in [-0.2, 0) is 0 Å². The molecule has 3 aromatic rings. The Hall–Kier alpha value is -3.32. The number of carbonyl (C=O) groups is 1. The van der Waals surface area contributed by atoms with Crippen LogP contribution in [0.5, 0.6) is 11.5 Å². The first kappa shape index (κ1) is 26.7. The zero-order valence-electron chi connectivity index (χ0n) is 22.6. The highest BCUT2D eigenvalue weighted by Crippen LogP contribution is 2.41. The summed E-state index contributed by atoms with van der Waals surface area (Å²) in [4.78, 5) is 31.3. The molecule has 198 valence electrons. The number of benzene rings is 2. The molecule has 7 heteroatoms. The summed E-state index contributed by atoms with van der Waals surface area (Å²) >= 11 is 0. The third-order valence-corrected chi connectivity index (χ3v) is 6.71. The largest absolute Gasteiger partial charge is 0.490 e. The highest BCUT2D eigenvalue weighted by atomic mass is 16.5. The van der Waals surface area contributed by atoms with Crippen LogP contribution in [0, 0.1) is 6.92 Å². The molecule has 0 N–H and O–H groups in total. The summed E-state index contributed by atoms with van der Waals surface area (Å²) in [6.07, 6.45) is 3.97. The summed E-state index contributed by atoms with van der Waals surface area (Å²) in [6, 6.07) is 10.7. The maximum atomic E-state index is 13.8. The molecule has 1 aliphatic rings. The van der Waals surface area contributed by atoms with Gasteiger partial charge in [0.15, 0.2) is 16.9 Å².